The molecule has 0 atom stereocenters. The van der Waals surface area contributed by atoms with Crippen LogP contribution in [0.3, 0.4) is 0 Å². The lowest BCUT2D eigenvalue weighted by Gasteiger charge is -2.02. The summed E-state index contributed by atoms with van der Waals surface area (Å²) in [5.41, 5.74) is 3.46. The number of benzene rings is 2. The molecule has 0 aliphatic rings. The van der Waals surface area contributed by atoms with Gasteiger partial charge in [0, 0.05) is 24.7 Å². The highest BCUT2D eigenvalue weighted by atomic mass is 16.6. The lowest BCUT2D eigenvalue weighted by atomic mass is 10.1. The van der Waals surface area contributed by atoms with Gasteiger partial charge in [0.1, 0.15) is 11.6 Å². The zero-order valence-corrected chi connectivity index (χ0v) is 14.7. The number of hydrazone groups is 1. The van der Waals surface area contributed by atoms with Crippen LogP contribution >= 0.6 is 0 Å². The first-order valence-electron chi connectivity index (χ1n) is 7.96. The van der Waals surface area contributed by atoms with E-state index in [2.05, 4.69) is 15.8 Å². The molecule has 2 amide bonds. The standard InChI is InChI=1S/C19H15N5O4/c1-13(25)22-17-7-5-14(6-8-17)12-21-23-19(26)16(11-20)9-15-3-2-4-18(10-15)24(27)28/h2-10,12H,1H3,(H,22,25)(H,23,26). The Bertz CT molecular complexity index is 1000. The second-order valence-electron chi connectivity index (χ2n) is 5.52. The monoisotopic (exact) mass is 377 g/mol. The van der Waals surface area contributed by atoms with Gasteiger partial charge >= 0.3 is 0 Å². The molecule has 0 aromatic heterocycles. The lowest BCUT2D eigenvalue weighted by molar-refractivity contribution is -0.384. The minimum absolute atomic E-state index is 0.146. The predicted octanol–water partition coefficient (Wildman–Crippen LogP) is 2.61. The smallest absolute Gasteiger partial charge is 0.282 e. The molecule has 0 unspecified atom stereocenters. The van der Waals surface area contributed by atoms with Crippen LogP contribution in [0.5, 0.6) is 0 Å². The van der Waals surface area contributed by atoms with Gasteiger partial charge in [-0.05, 0) is 29.3 Å². The minimum atomic E-state index is -0.750. The first kappa shape index (κ1) is 20.0. The SMILES string of the molecule is CC(=O)Nc1ccc(C=NNC(=O)C(C#N)=Cc2cccc([N+](=O)[O-])c2)cc1. The van der Waals surface area contributed by atoms with E-state index in [1.54, 1.807) is 30.3 Å². The highest BCUT2D eigenvalue weighted by Gasteiger charge is 2.10. The van der Waals surface area contributed by atoms with Crippen LogP contribution < -0.4 is 10.7 Å². The number of rotatable bonds is 6. The fraction of sp³-hybridized carbons (Fsp3) is 0.0526. The van der Waals surface area contributed by atoms with Crippen molar-refractivity contribution in [3.63, 3.8) is 0 Å². The number of nitro groups is 1. The van der Waals surface area contributed by atoms with Gasteiger partial charge in [0.2, 0.25) is 5.91 Å². The van der Waals surface area contributed by atoms with Gasteiger partial charge in [-0.3, -0.25) is 19.7 Å². The Morgan fingerprint density at radius 3 is 2.50 bits per heavy atom. The normalized spacial score (nSPS) is 10.9. The molecule has 9 nitrogen and oxygen atoms in total. The average molecular weight is 377 g/mol. The number of nitrogens with zero attached hydrogens (tertiary/aromatic N) is 3. The van der Waals surface area contributed by atoms with Crippen molar-refractivity contribution in [2.24, 2.45) is 5.10 Å². The van der Waals surface area contributed by atoms with E-state index in [-0.39, 0.29) is 17.2 Å². The van der Waals surface area contributed by atoms with Gasteiger partial charge in [0.15, 0.2) is 0 Å². The first-order valence-corrected chi connectivity index (χ1v) is 7.96. The summed E-state index contributed by atoms with van der Waals surface area (Å²) in [6.07, 6.45) is 2.61. The maximum atomic E-state index is 12.1. The third-order valence-electron chi connectivity index (χ3n) is 3.37. The topological polar surface area (TPSA) is 137 Å². The largest absolute Gasteiger partial charge is 0.326 e. The molecule has 2 rings (SSSR count). The summed E-state index contributed by atoms with van der Waals surface area (Å²) in [5.74, 6) is -0.937. The Kier molecular flexibility index (Phi) is 6.71. The van der Waals surface area contributed by atoms with Crippen LogP contribution in [0.25, 0.3) is 6.08 Å². The van der Waals surface area contributed by atoms with E-state index in [4.69, 9.17) is 5.26 Å². The summed E-state index contributed by atoms with van der Waals surface area (Å²) in [6.45, 7) is 1.40. The molecule has 28 heavy (non-hydrogen) atoms. The van der Waals surface area contributed by atoms with Crippen LogP contribution in [-0.4, -0.2) is 23.0 Å². The molecule has 0 saturated heterocycles. The van der Waals surface area contributed by atoms with Crippen LogP contribution in [0.2, 0.25) is 0 Å². The number of hydrogen-bond donors (Lipinski definition) is 2. The molecule has 0 radical (unpaired) electrons. The summed E-state index contributed by atoms with van der Waals surface area (Å²) in [5, 5.41) is 26.3. The Morgan fingerprint density at radius 2 is 1.89 bits per heavy atom. The Labute approximate surface area is 160 Å². The minimum Gasteiger partial charge on any atom is -0.326 e. The molecule has 9 heteroatoms. The summed E-state index contributed by atoms with van der Waals surface area (Å²) < 4.78 is 0. The van der Waals surface area contributed by atoms with Gasteiger partial charge in [-0.1, -0.05) is 24.3 Å². The highest BCUT2D eigenvalue weighted by Crippen LogP contribution is 2.15. The molecule has 2 N–H and O–H groups in total. The zero-order chi connectivity index (χ0) is 20.5. The van der Waals surface area contributed by atoms with Crippen molar-refractivity contribution in [3.05, 3.63) is 75.3 Å². The van der Waals surface area contributed by atoms with Crippen molar-refractivity contribution >= 4 is 35.5 Å². The van der Waals surface area contributed by atoms with Crippen LogP contribution in [0.4, 0.5) is 11.4 Å². The van der Waals surface area contributed by atoms with Crippen LogP contribution in [0, 0.1) is 21.4 Å². The number of nitrogens with one attached hydrogen (secondary N) is 2. The maximum absolute atomic E-state index is 12.1. The van der Waals surface area contributed by atoms with E-state index in [1.165, 1.54) is 43.5 Å². The third-order valence-corrected chi connectivity index (χ3v) is 3.37. The number of carbonyl (C=O) groups excluding carboxylic acids is 2. The van der Waals surface area contributed by atoms with Gasteiger partial charge < -0.3 is 5.32 Å². The molecular formula is C19H15N5O4. The van der Waals surface area contributed by atoms with Crippen molar-refractivity contribution in [1.82, 2.24) is 5.43 Å². The van der Waals surface area contributed by atoms with Crippen LogP contribution in [0.15, 0.2) is 59.2 Å². The number of hydrogen-bond acceptors (Lipinski definition) is 6. The molecule has 0 fully saturated rings. The van der Waals surface area contributed by atoms with E-state index < -0.39 is 10.8 Å². The molecule has 0 aliphatic heterocycles. The Hall–Kier alpha value is -4.32. The summed E-state index contributed by atoms with van der Waals surface area (Å²) in [4.78, 5) is 33.3. The van der Waals surface area contributed by atoms with Crippen molar-refractivity contribution in [2.75, 3.05) is 5.32 Å². The van der Waals surface area contributed by atoms with Crippen LogP contribution in [0.1, 0.15) is 18.1 Å². The van der Waals surface area contributed by atoms with Crippen molar-refractivity contribution in [1.29, 1.82) is 5.26 Å². The Balaban J connectivity index is 2.05. The number of non-ortho nitro benzene ring substituents is 1. The Morgan fingerprint density at radius 1 is 1.18 bits per heavy atom. The van der Waals surface area contributed by atoms with Crippen molar-refractivity contribution < 1.29 is 14.5 Å². The number of nitriles is 1. The van der Waals surface area contributed by atoms with E-state index in [0.29, 0.717) is 16.8 Å². The second-order valence-corrected chi connectivity index (χ2v) is 5.52. The molecule has 0 aliphatic carbocycles. The molecular weight excluding hydrogens is 362 g/mol. The molecule has 0 saturated carbocycles. The molecule has 2 aromatic rings. The average Bonchev–Trinajstić information content (AvgIpc) is 2.67. The predicted molar refractivity (Wildman–Crippen MR) is 103 cm³/mol. The quantitative estimate of drug-likeness (QED) is 0.262. The molecule has 0 bridgehead atoms. The van der Waals surface area contributed by atoms with Crippen molar-refractivity contribution in [3.8, 4) is 6.07 Å². The van der Waals surface area contributed by atoms with Crippen LogP contribution in [-0.2, 0) is 9.59 Å². The maximum Gasteiger partial charge on any atom is 0.282 e. The molecule has 140 valence electrons. The van der Waals surface area contributed by atoms with Gasteiger partial charge in [0.25, 0.3) is 11.6 Å². The fourth-order valence-corrected chi connectivity index (χ4v) is 2.12. The first-order chi connectivity index (χ1) is 13.4. The summed E-state index contributed by atoms with van der Waals surface area (Å²) >= 11 is 0. The van der Waals surface area contributed by atoms with Gasteiger partial charge in [0.05, 0.1) is 11.1 Å². The fourth-order valence-electron chi connectivity index (χ4n) is 2.12. The second kappa shape index (κ2) is 9.40. The summed E-state index contributed by atoms with van der Waals surface area (Å²) in [6, 6.07) is 14.0. The van der Waals surface area contributed by atoms with Gasteiger partial charge in [-0.15, -0.1) is 0 Å². The summed E-state index contributed by atoms with van der Waals surface area (Å²) in [7, 11) is 0. The van der Waals surface area contributed by atoms with E-state index in [0.717, 1.165) is 0 Å². The molecule has 2 aromatic carbocycles. The van der Waals surface area contributed by atoms with Gasteiger partial charge in [-0.2, -0.15) is 10.4 Å². The highest BCUT2D eigenvalue weighted by molar-refractivity contribution is 6.02. The third kappa shape index (κ3) is 5.89. The van der Waals surface area contributed by atoms with E-state index in [9.17, 15) is 19.7 Å². The number of amides is 2. The zero-order valence-electron chi connectivity index (χ0n) is 14.7. The number of nitro benzene ring substituents is 1. The molecule has 0 heterocycles. The van der Waals surface area contributed by atoms with E-state index >= 15 is 0 Å². The lowest BCUT2D eigenvalue weighted by Crippen LogP contribution is -2.19. The molecule has 0 spiro atoms. The number of anilines is 1. The van der Waals surface area contributed by atoms with Crippen molar-refractivity contribution in [2.45, 2.75) is 6.92 Å². The van der Waals surface area contributed by atoms with Gasteiger partial charge in [-0.25, -0.2) is 5.43 Å². The van der Waals surface area contributed by atoms with E-state index in [1.807, 2.05) is 0 Å². The number of carbonyl (C=O) groups is 2.